The van der Waals surface area contributed by atoms with Crippen molar-refractivity contribution in [1.82, 2.24) is 0 Å². The van der Waals surface area contributed by atoms with E-state index in [0.29, 0.717) is 5.03 Å². The van der Waals surface area contributed by atoms with E-state index in [2.05, 4.69) is 0 Å². The Morgan fingerprint density at radius 1 is 1.70 bits per heavy atom. The van der Waals surface area contributed by atoms with Crippen LogP contribution >= 0.6 is 28.5 Å². The molecule has 1 unspecified atom stereocenters. The lowest BCUT2D eigenvalue weighted by atomic mass is 10.1. The molecule has 0 N–H and O–H groups in total. The van der Waals surface area contributed by atoms with Crippen molar-refractivity contribution in [2.24, 2.45) is 0 Å². The molecule has 1 heterocycles. The van der Waals surface area contributed by atoms with Gasteiger partial charge in [-0.1, -0.05) is 22.8 Å². The van der Waals surface area contributed by atoms with E-state index in [4.69, 9.17) is 39.2 Å². The SMILES string of the molecule is CC1(C)OP(=S)(Cl)C=C1Cl. The molecule has 0 saturated carbocycles. The van der Waals surface area contributed by atoms with Crippen LogP contribution in [0, 0.1) is 0 Å². The zero-order chi connectivity index (χ0) is 7.99. The summed E-state index contributed by atoms with van der Waals surface area (Å²) in [6.45, 7) is 3.70. The van der Waals surface area contributed by atoms with E-state index in [-0.39, 0.29) is 0 Å². The van der Waals surface area contributed by atoms with E-state index in [1.54, 1.807) is 5.82 Å². The summed E-state index contributed by atoms with van der Waals surface area (Å²) in [5.41, 5.74) is -2.68. The van der Waals surface area contributed by atoms with Crippen molar-refractivity contribution in [1.29, 1.82) is 0 Å². The van der Waals surface area contributed by atoms with Crippen LogP contribution in [0.25, 0.3) is 0 Å². The minimum absolute atomic E-state index is 0.473. The summed E-state index contributed by atoms with van der Waals surface area (Å²) in [7, 11) is 0. The predicted octanol–water partition coefficient (Wildman–Crippen LogP) is 3.42. The molecule has 58 valence electrons. The molecule has 0 fully saturated rings. The molecule has 1 nitrogen and oxygen atoms in total. The Morgan fingerprint density at radius 3 is 2.30 bits per heavy atom. The molecule has 1 aliphatic heterocycles. The first-order valence-electron chi connectivity index (χ1n) is 2.72. The zero-order valence-corrected chi connectivity index (χ0v) is 8.82. The number of hydrogen-bond acceptors (Lipinski definition) is 2. The first-order chi connectivity index (χ1) is 4.33. The Labute approximate surface area is 75.2 Å². The fourth-order valence-electron chi connectivity index (χ4n) is 0.672. The molecule has 1 atom stereocenters. The maximum Gasteiger partial charge on any atom is 0.175 e. The molecule has 0 aromatic heterocycles. The second-order valence-corrected chi connectivity index (χ2v) is 8.22. The minimum atomic E-state index is -2.21. The van der Waals surface area contributed by atoms with E-state index in [9.17, 15) is 0 Å². The Bertz CT molecular complexity index is 236. The summed E-state index contributed by atoms with van der Waals surface area (Å²) in [6.07, 6.45) is 0. The lowest BCUT2D eigenvalue weighted by Gasteiger charge is -2.19. The third-order valence-electron chi connectivity index (χ3n) is 1.20. The van der Waals surface area contributed by atoms with Crippen LogP contribution in [0.2, 0.25) is 0 Å². The van der Waals surface area contributed by atoms with Gasteiger partial charge in [0, 0.05) is 5.82 Å². The minimum Gasteiger partial charge on any atom is -0.323 e. The van der Waals surface area contributed by atoms with Gasteiger partial charge in [0.2, 0.25) is 0 Å². The number of halogens is 2. The average molecular weight is 217 g/mol. The molecular weight excluding hydrogens is 210 g/mol. The Balaban J connectivity index is 3.00. The van der Waals surface area contributed by atoms with Gasteiger partial charge in [-0.3, -0.25) is 0 Å². The molecule has 0 aliphatic carbocycles. The van der Waals surface area contributed by atoms with Crippen LogP contribution in [-0.4, -0.2) is 5.60 Å². The van der Waals surface area contributed by atoms with Crippen molar-refractivity contribution in [3.8, 4) is 0 Å². The van der Waals surface area contributed by atoms with Crippen molar-refractivity contribution in [3.05, 3.63) is 10.8 Å². The normalized spacial score (nSPS) is 37.8. The second kappa shape index (κ2) is 2.46. The van der Waals surface area contributed by atoms with Gasteiger partial charge in [-0.05, 0) is 25.7 Å². The van der Waals surface area contributed by atoms with Crippen molar-refractivity contribution < 1.29 is 4.52 Å². The quantitative estimate of drug-likeness (QED) is 0.575. The molecule has 10 heavy (non-hydrogen) atoms. The Morgan fingerprint density at radius 2 is 2.20 bits per heavy atom. The van der Waals surface area contributed by atoms with Crippen LogP contribution in [-0.2, 0) is 16.3 Å². The number of hydrogen-bond donors (Lipinski definition) is 0. The van der Waals surface area contributed by atoms with Crippen LogP contribution in [0.4, 0.5) is 0 Å². The molecule has 0 amide bonds. The average Bonchev–Trinajstić information content (AvgIpc) is 1.73. The van der Waals surface area contributed by atoms with Crippen molar-refractivity contribution in [2.45, 2.75) is 19.4 Å². The van der Waals surface area contributed by atoms with E-state index in [1.807, 2.05) is 13.8 Å². The molecule has 1 rings (SSSR count). The van der Waals surface area contributed by atoms with Gasteiger partial charge in [0.1, 0.15) is 5.60 Å². The molecule has 0 saturated heterocycles. The molecule has 0 radical (unpaired) electrons. The molecule has 1 aliphatic rings. The van der Waals surface area contributed by atoms with E-state index in [1.165, 1.54) is 0 Å². The smallest absolute Gasteiger partial charge is 0.175 e. The van der Waals surface area contributed by atoms with Gasteiger partial charge in [-0.15, -0.1) is 0 Å². The summed E-state index contributed by atoms with van der Waals surface area (Å²) in [5, 5.41) is 0.617. The van der Waals surface area contributed by atoms with E-state index >= 15 is 0 Å². The van der Waals surface area contributed by atoms with Gasteiger partial charge in [-0.2, -0.15) is 0 Å². The molecule has 5 heteroatoms. The maximum absolute atomic E-state index is 5.80. The first kappa shape index (κ1) is 9.02. The van der Waals surface area contributed by atoms with Crippen LogP contribution in [0.3, 0.4) is 0 Å². The highest BCUT2D eigenvalue weighted by atomic mass is 35.7. The number of rotatable bonds is 0. The van der Waals surface area contributed by atoms with Gasteiger partial charge in [0.15, 0.2) is 5.62 Å². The third-order valence-corrected chi connectivity index (χ3v) is 4.22. The highest BCUT2D eigenvalue weighted by Crippen LogP contribution is 2.64. The highest BCUT2D eigenvalue weighted by molar-refractivity contribution is 8.26. The van der Waals surface area contributed by atoms with Crippen molar-refractivity contribution in [2.75, 3.05) is 0 Å². The lowest BCUT2D eigenvalue weighted by molar-refractivity contribution is 0.194. The highest BCUT2D eigenvalue weighted by Gasteiger charge is 2.36. The summed E-state index contributed by atoms with van der Waals surface area (Å²) < 4.78 is 5.32. The van der Waals surface area contributed by atoms with Gasteiger partial charge >= 0.3 is 0 Å². The Kier molecular flexibility index (Phi) is 2.22. The maximum atomic E-state index is 5.80. The van der Waals surface area contributed by atoms with Gasteiger partial charge in [-0.25, -0.2) is 0 Å². The summed E-state index contributed by atoms with van der Waals surface area (Å²) in [6, 6.07) is 0. The summed E-state index contributed by atoms with van der Waals surface area (Å²) >= 11 is 16.5. The van der Waals surface area contributed by atoms with Gasteiger partial charge in [0.25, 0.3) is 0 Å². The van der Waals surface area contributed by atoms with Crippen molar-refractivity contribution >= 4 is 40.3 Å². The first-order valence-corrected chi connectivity index (χ1v) is 6.80. The lowest BCUT2D eigenvalue weighted by Crippen LogP contribution is -2.17. The van der Waals surface area contributed by atoms with Crippen LogP contribution in [0.15, 0.2) is 10.8 Å². The van der Waals surface area contributed by atoms with Gasteiger partial charge in [0.05, 0.1) is 5.03 Å². The molecular formula is C5H7Cl2OPS. The third kappa shape index (κ3) is 1.75. The van der Waals surface area contributed by atoms with Crippen LogP contribution < -0.4 is 0 Å². The topological polar surface area (TPSA) is 9.23 Å². The van der Waals surface area contributed by atoms with Crippen LogP contribution in [0.1, 0.15) is 13.8 Å². The van der Waals surface area contributed by atoms with Gasteiger partial charge < -0.3 is 4.52 Å². The molecule has 0 aromatic carbocycles. The zero-order valence-electron chi connectivity index (χ0n) is 5.60. The largest absolute Gasteiger partial charge is 0.323 e. The fourth-order valence-corrected chi connectivity index (χ4v) is 4.54. The predicted molar refractivity (Wildman–Crippen MR) is 49.2 cm³/mol. The second-order valence-electron chi connectivity index (χ2n) is 2.60. The Hall–Kier alpha value is 0.930. The molecule has 0 spiro atoms. The van der Waals surface area contributed by atoms with E-state index < -0.39 is 11.2 Å². The van der Waals surface area contributed by atoms with Crippen molar-refractivity contribution in [3.63, 3.8) is 0 Å². The van der Waals surface area contributed by atoms with E-state index in [0.717, 1.165) is 0 Å². The van der Waals surface area contributed by atoms with Crippen LogP contribution in [0.5, 0.6) is 0 Å². The monoisotopic (exact) mass is 216 g/mol. The molecule has 0 bridgehead atoms. The standard InChI is InChI=1S/C5H7Cl2OPS/c1-5(2)4(6)3-9(7,10)8-5/h3H,1-2H3. The molecule has 0 aromatic rings. The summed E-state index contributed by atoms with van der Waals surface area (Å²) in [5.74, 6) is 1.64. The summed E-state index contributed by atoms with van der Waals surface area (Å²) in [4.78, 5) is 0. The fraction of sp³-hybridized carbons (Fsp3) is 0.600.